The molecule has 3 nitrogen and oxygen atoms in total. The van der Waals surface area contributed by atoms with Gasteiger partial charge in [-0.05, 0) is 30.9 Å². The van der Waals surface area contributed by atoms with Gasteiger partial charge in [-0.3, -0.25) is 4.79 Å². The van der Waals surface area contributed by atoms with Crippen LogP contribution in [0.2, 0.25) is 5.02 Å². The number of hydrogen-bond donors (Lipinski definition) is 2. The Morgan fingerprint density at radius 3 is 2.88 bits per heavy atom. The van der Waals surface area contributed by atoms with Crippen LogP contribution in [0.3, 0.4) is 0 Å². The zero-order valence-corrected chi connectivity index (χ0v) is 10.6. The number of hydrogen-bond acceptors (Lipinski definition) is 2. The van der Waals surface area contributed by atoms with Crippen LogP contribution in [0, 0.1) is 5.92 Å². The van der Waals surface area contributed by atoms with Gasteiger partial charge in [0.2, 0.25) is 0 Å². The molecule has 1 aromatic rings. The molecule has 0 spiro atoms. The molecule has 1 saturated carbocycles. The van der Waals surface area contributed by atoms with E-state index in [0.717, 1.165) is 6.42 Å². The van der Waals surface area contributed by atoms with Crippen LogP contribution in [0.15, 0.2) is 18.2 Å². The Morgan fingerprint density at radius 1 is 1.47 bits per heavy atom. The lowest BCUT2D eigenvalue weighted by Crippen LogP contribution is -2.36. The maximum absolute atomic E-state index is 12.1. The van der Waals surface area contributed by atoms with Crippen molar-refractivity contribution in [1.29, 1.82) is 0 Å². The minimum atomic E-state index is -0.124. The summed E-state index contributed by atoms with van der Waals surface area (Å²) in [5, 5.41) is 3.38. The lowest BCUT2D eigenvalue weighted by molar-refractivity contribution is 0.0930. The van der Waals surface area contributed by atoms with Crippen molar-refractivity contribution in [2.24, 2.45) is 5.92 Å². The van der Waals surface area contributed by atoms with E-state index >= 15 is 0 Å². The van der Waals surface area contributed by atoms with E-state index in [1.807, 2.05) is 0 Å². The predicted molar refractivity (Wildman–Crippen MR) is 70.1 cm³/mol. The van der Waals surface area contributed by atoms with E-state index < -0.39 is 0 Å². The summed E-state index contributed by atoms with van der Waals surface area (Å²) in [6, 6.07) is 5.40. The summed E-state index contributed by atoms with van der Waals surface area (Å²) in [6.07, 6.45) is 3.40. The average Bonchev–Trinajstić information content (AvgIpc) is 2.68. The summed E-state index contributed by atoms with van der Waals surface area (Å²) in [5.41, 5.74) is 6.59. The van der Waals surface area contributed by atoms with Crippen molar-refractivity contribution in [3.63, 3.8) is 0 Å². The number of anilines is 1. The standard InChI is InChI=1S/C13H17ClN2O/c1-8-4-2-7-11(8)16-13(17)9-5-3-6-10(15)12(9)14/h3,5-6,8,11H,2,4,7,15H2,1H3,(H,16,17). The molecule has 1 aromatic carbocycles. The molecule has 0 aromatic heterocycles. The highest BCUT2D eigenvalue weighted by molar-refractivity contribution is 6.36. The molecule has 1 aliphatic carbocycles. The number of amides is 1. The van der Waals surface area contributed by atoms with E-state index in [9.17, 15) is 4.79 Å². The highest BCUT2D eigenvalue weighted by atomic mass is 35.5. The smallest absolute Gasteiger partial charge is 0.253 e. The molecule has 2 rings (SSSR count). The lowest BCUT2D eigenvalue weighted by atomic mass is 10.1. The molecule has 2 atom stereocenters. The molecule has 1 amide bonds. The number of nitrogens with two attached hydrogens (primary N) is 1. The molecule has 0 radical (unpaired) electrons. The second-order valence-corrected chi connectivity index (χ2v) is 5.07. The monoisotopic (exact) mass is 252 g/mol. The number of nitrogen functional groups attached to an aromatic ring is 1. The summed E-state index contributed by atoms with van der Waals surface area (Å²) in [7, 11) is 0. The average molecular weight is 253 g/mol. The van der Waals surface area contributed by atoms with Crippen molar-refractivity contribution in [2.75, 3.05) is 5.73 Å². The van der Waals surface area contributed by atoms with Crippen LogP contribution < -0.4 is 11.1 Å². The normalized spacial score (nSPS) is 23.6. The van der Waals surface area contributed by atoms with E-state index in [-0.39, 0.29) is 11.9 Å². The maximum atomic E-state index is 12.1. The highest BCUT2D eigenvalue weighted by Gasteiger charge is 2.25. The molecule has 0 bridgehead atoms. The summed E-state index contributed by atoms with van der Waals surface area (Å²) in [4.78, 5) is 12.1. The number of carbonyl (C=O) groups is 1. The second-order valence-electron chi connectivity index (χ2n) is 4.70. The topological polar surface area (TPSA) is 55.1 Å². The molecule has 3 N–H and O–H groups in total. The summed E-state index contributed by atoms with van der Waals surface area (Å²) in [5.74, 6) is 0.417. The Balaban J connectivity index is 2.12. The van der Waals surface area contributed by atoms with Crippen molar-refractivity contribution in [1.82, 2.24) is 5.32 Å². The van der Waals surface area contributed by atoms with Crippen LogP contribution in [-0.4, -0.2) is 11.9 Å². The molecule has 1 aliphatic rings. The summed E-state index contributed by atoms with van der Waals surface area (Å²) < 4.78 is 0. The zero-order chi connectivity index (χ0) is 12.4. The largest absolute Gasteiger partial charge is 0.398 e. The van der Waals surface area contributed by atoms with Gasteiger partial charge in [-0.2, -0.15) is 0 Å². The molecule has 92 valence electrons. The molecular weight excluding hydrogens is 236 g/mol. The second kappa shape index (κ2) is 4.96. The van der Waals surface area contributed by atoms with Gasteiger partial charge in [-0.25, -0.2) is 0 Å². The summed E-state index contributed by atoms with van der Waals surface area (Å²) >= 11 is 6.02. The van der Waals surface area contributed by atoms with E-state index in [0.29, 0.717) is 22.2 Å². The van der Waals surface area contributed by atoms with E-state index in [1.54, 1.807) is 18.2 Å². The van der Waals surface area contributed by atoms with Gasteiger partial charge in [0.1, 0.15) is 0 Å². The quantitative estimate of drug-likeness (QED) is 0.796. The van der Waals surface area contributed by atoms with Gasteiger partial charge >= 0.3 is 0 Å². The fourth-order valence-corrected chi connectivity index (χ4v) is 2.54. The van der Waals surface area contributed by atoms with Gasteiger partial charge in [0.15, 0.2) is 0 Å². The molecule has 2 unspecified atom stereocenters. The van der Waals surface area contributed by atoms with Crippen molar-refractivity contribution in [2.45, 2.75) is 32.2 Å². The minimum Gasteiger partial charge on any atom is -0.398 e. The first kappa shape index (κ1) is 12.2. The van der Waals surface area contributed by atoms with Crippen molar-refractivity contribution in [3.8, 4) is 0 Å². The SMILES string of the molecule is CC1CCCC1NC(=O)c1cccc(N)c1Cl. The van der Waals surface area contributed by atoms with Gasteiger partial charge in [-0.1, -0.05) is 31.0 Å². The van der Waals surface area contributed by atoms with Crippen molar-refractivity contribution in [3.05, 3.63) is 28.8 Å². The van der Waals surface area contributed by atoms with E-state index in [1.165, 1.54) is 12.8 Å². The number of nitrogens with one attached hydrogen (secondary N) is 1. The van der Waals surface area contributed by atoms with Crippen molar-refractivity contribution >= 4 is 23.2 Å². The molecule has 4 heteroatoms. The fraction of sp³-hybridized carbons (Fsp3) is 0.462. The predicted octanol–water partition coefficient (Wildman–Crippen LogP) is 2.84. The summed E-state index contributed by atoms with van der Waals surface area (Å²) in [6.45, 7) is 2.17. The van der Waals surface area contributed by atoms with Gasteiger partial charge in [0, 0.05) is 6.04 Å². The van der Waals surface area contributed by atoms with Crippen molar-refractivity contribution < 1.29 is 4.79 Å². The van der Waals surface area contributed by atoms with Crippen LogP contribution >= 0.6 is 11.6 Å². The first-order valence-electron chi connectivity index (χ1n) is 5.94. The molecule has 0 aliphatic heterocycles. The first-order valence-corrected chi connectivity index (χ1v) is 6.32. The highest BCUT2D eigenvalue weighted by Crippen LogP contribution is 2.27. The zero-order valence-electron chi connectivity index (χ0n) is 9.87. The van der Waals surface area contributed by atoms with Crippen LogP contribution in [0.25, 0.3) is 0 Å². The molecule has 17 heavy (non-hydrogen) atoms. The number of carbonyl (C=O) groups excluding carboxylic acids is 1. The van der Waals surface area contributed by atoms with Gasteiger partial charge in [0.05, 0.1) is 16.3 Å². The number of halogens is 1. The number of benzene rings is 1. The third-order valence-electron chi connectivity index (χ3n) is 3.45. The van der Waals surface area contributed by atoms with E-state index in [4.69, 9.17) is 17.3 Å². The van der Waals surface area contributed by atoms with Gasteiger partial charge in [0.25, 0.3) is 5.91 Å². The Morgan fingerprint density at radius 2 is 2.24 bits per heavy atom. The Kier molecular flexibility index (Phi) is 3.57. The third kappa shape index (κ3) is 2.55. The number of rotatable bonds is 2. The third-order valence-corrected chi connectivity index (χ3v) is 3.87. The Hall–Kier alpha value is -1.22. The fourth-order valence-electron chi connectivity index (χ4n) is 2.33. The lowest BCUT2D eigenvalue weighted by Gasteiger charge is -2.17. The van der Waals surface area contributed by atoms with Crippen LogP contribution in [0.5, 0.6) is 0 Å². The Bertz CT molecular complexity index is 433. The van der Waals surface area contributed by atoms with Crippen LogP contribution in [-0.2, 0) is 0 Å². The Labute approximate surface area is 106 Å². The molecule has 0 heterocycles. The maximum Gasteiger partial charge on any atom is 0.253 e. The molecular formula is C13H17ClN2O. The minimum absolute atomic E-state index is 0.124. The first-order chi connectivity index (χ1) is 8.09. The van der Waals surface area contributed by atoms with Gasteiger partial charge < -0.3 is 11.1 Å². The van der Waals surface area contributed by atoms with Crippen LogP contribution in [0.4, 0.5) is 5.69 Å². The molecule has 0 saturated heterocycles. The van der Waals surface area contributed by atoms with Gasteiger partial charge in [-0.15, -0.1) is 0 Å². The van der Waals surface area contributed by atoms with E-state index in [2.05, 4.69) is 12.2 Å². The van der Waals surface area contributed by atoms with Crippen LogP contribution in [0.1, 0.15) is 36.5 Å². The molecule has 1 fully saturated rings.